The minimum Gasteiger partial charge on any atom is -0.493 e. The lowest BCUT2D eigenvalue weighted by Gasteiger charge is -2.11. The Labute approximate surface area is 162 Å². The molecule has 27 heavy (non-hydrogen) atoms. The lowest BCUT2D eigenvalue weighted by Crippen LogP contribution is -1.97. The van der Waals surface area contributed by atoms with Gasteiger partial charge in [-0.05, 0) is 41.5 Å². The number of nitrogens with zero attached hydrogens (tertiary/aromatic N) is 1. The van der Waals surface area contributed by atoms with E-state index in [-0.39, 0.29) is 0 Å². The maximum absolute atomic E-state index is 5.91. The molecule has 4 rings (SSSR count). The molecule has 0 atom stereocenters. The zero-order chi connectivity index (χ0) is 18.5. The van der Waals surface area contributed by atoms with Crippen molar-refractivity contribution >= 4 is 33.7 Å². The average Bonchev–Trinajstić information content (AvgIpc) is 3.15. The molecule has 4 aromatic rings. The molecule has 0 bridgehead atoms. The number of para-hydroxylation sites is 1. The van der Waals surface area contributed by atoms with Gasteiger partial charge in [0.25, 0.3) is 0 Å². The molecule has 0 aliphatic heterocycles. The number of aromatic nitrogens is 1. The summed E-state index contributed by atoms with van der Waals surface area (Å²) in [6.07, 6.45) is 4.07. The van der Waals surface area contributed by atoms with E-state index in [0.29, 0.717) is 6.61 Å². The zero-order valence-electron chi connectivity index (χ0n) is 15.0. The highest BCUT2D eigenvalue weighted by Crippen LogP contribution is 2.30. The van der Waals surface area contributed by atoms with Crippen molar-refractivity contribution < 1.29 is 9.47 Å². The number of benzene rings is 3. The molecule has 0 aliphatic rings. The smallest absolute Gasteiger partial charge is 0.161 e. The number of hydrogen-bond acceptors (Lipinski definition) is 4. The van der Waals surface area contributed by atoms with Gasteiger partial charge in [-0.15, -0.1) is 11.3 Å². The summed E-state index contributed by atoms with van der Waals surface area (Å²) in [6.45, 7) is 0.512. The predicted molar refractivity (Wildman–Crippen MR) is 112 cm³/mol. The Morgan fingerprint density at radius 1 is 0.889 bits per heavy atom. The fraction of sp³-hybridized carbons (Fsp3) is 0.0870. The van der Waals surface area contributed by atoms with Crippen molar-refractivity contribution in [1.82, 2.24) is 4.98 Å². The molecule has 0 saturated carbocycles. The lowest BCUT2D eigenvalue weighted by atomic mass is 10.2. The van der Waals surface area contributed by atoms with Gasteiger partial charge in [0.2, 0.25) is 0 Å². The summed E-state index contributed by atoms with van der Waals surface area (Å²) in [5, 5.41) is 0.986. The highest BCUT2D eigenvalue weighted by molar-refractivity contribution is 7.19. The molecular formula is C23H19NO2S. The largest absolute Gasteiger partial charge is 0.493 e. The molecule has 3 aromatic carbocycles. The van der Waals surface area contributed by atoms with Gasteiger partial charge in [0.05, 0.1) is 17.3 Å². The number of ether oxygens (including phenoxy) is 2. The Kier molecular flexibility index (Phi) is 5.17. The molecule has 4 heteroatoms. The van der Waals surface area contributed by atoms with E-state index in [1.54, 1.807) is 18.4 Å². The van der Waals surface area contributed by atoms with E-state index in [9.17, 15) is 0 Å². The minimum atomic E-state index is 0.512. The maximum Gasteiger partial charge on any atom is 0.161 e. The Hall–Kier alpha value is -3.11. The summed E-state index contributed by atoms with van der Waals surface area (Å²) in [7, 11) is 1.66. The first-order valence-electron chi connectivity index (χ1n) is 8.70. The summed E-state index contributed by atoms with van der Waals surface area (Å²) < 4.78 is 12.6. The quantitative estimate of drug-likeness (QED) is 0.412. The van der Waals surface area contributed by atoms with Crippen molar-refractivity contribution in [2.75, 3.05) is 7.11 Å². The summed E-state index contributed by atoms with van der Waals surface area (Å²) in [5.41, 5.74) is 3.20. The van der Waals surface area contributed by atoms with E-state index in [2.05, 4.69) is 11.1 Å². The van der Waals surface area contributed by atoms with Crippen molar-refractivity contribution in [1.29, 1.82) is 0 Å². The van der Waals surface area contributed by atoms with Gasteiger partial charge in [-0.2, -0.15) is 0 Å². The molecule has 3 nitrogen and oxygen atoms in total. The van der Waals surface area contributed by atoms with Gasteiger partial charge in [-0.25, -0.2) is 4.98 Å². The Bertz CT molecular complexity index is 1040. The third-order valence-electron chi connectivity index (χ3n) is 4.15. The standard InChI is InChI=1S/C23H19NO2S/c1-25-21-15-17(11-13-20(21)26-16-18-7-3-2-4-8-18)12-14-23-24-19-9-5-6-10-22(19)27-23/h2-15H,16H2,1H3/b14-12+. The zero-order valence-corrected chi connectivity index (χ0v) is 15.8. The SMILES string of the molecule is COc1cc(/C=C/c2nc3ccccc3s2)ccc1OCc1ccccc1. The molecule has 0 fully saturated rings. The molecule has 0 N–H and O–H groups in total. The second-order valence-electron chi connectivity index (χ2n) is 6.04. The maximum atomic E-state index is 5.91. The summed E-state index contributed by atoms with van der Waals surface area (Å²) in [6, 6.07) is 24.2. The first kappa shape index (κ1) is 17.3. The topological polar surface area (TPSA) is 31.4 Å². The van der Waals surface area contributed by atoms with Crippen LogP contribution >= 0.6 is 11.3 Å². The molecule has 0 amide bonds. The Balaban J connectivity index is 1.50. The van der Waals surface area contributed by atoms with E-state index in [1.165, 1.54) is 4.70 Å². The second-order valence-corrected chi connectivity index (χ2v) is 7.10. The molecule has 0 unspecified atom stereocenters. The van der Waals surface area contributed by atoms with Crippen LogP contribution in [-0.2, 0) is 6.61 Å². The number of hydrogen-bond donors (Lipinski definition) is 0. The minimum absolute atomic E-state index is 0.512. The van der Waals surface area contributed by atoms with Gasteiger partial charge >= 0.3 is 0 Å². The number of rotatable bonds is 6. The van der Waals surface area contributed by atoms with Gasteiger partial charge in [0, 0.05) is 0 Å². The fourth-order valence-corrected chi connectivity index (χ4v) is 3.64. The summed E-state index contributed by atoms with van der Waals surface area (Å²) >= 11 is 1.68. The molecule has 1 aromatic heterocycles. The molecule has 0 saturated heterocycles. The van der Waals surface area contributed by atoms with E-state index in [0.717, 1.165) is 33.2 Å². The highest BCUT2D eigenvalue weighted by atomic mass is 32.1. The monoisotopic (exact) mass is 373 g/mol. The van der Waals surface area contributed by atoms with Crippen LogP contribution in [0, 0.1) is 0 Å². The fourth-order valence-electron chi connectivity index (χ4n) is 2.77. The van der Waals surface area contributed by atoms with Crippen LogP contribution in [0.4, 0.5) is 0 Å². The highest BCUT2D eigenvalue weighted by Gasteiger charge is 2.06. The van der Waals surface area contributed by atoms with Crippen molar-refractivity contribution in [2.45, 2.75) is 6.61 Å². The van der Waals surface area contributed by atoms with Gasteiger partial charge in [-0.3, -0.25) is 0 Å². The van der Waals surface area contributed by atoms with Gasteiger partial charge in [-0.1, -0.05) is 54.6 Å². The third kappa shape index (κ3) is 4.18. The molecule has 0 radical (unpaired) electrons. The van der Waals surface area contributed by atoms with Crippen LogP contribution in [0.15, 0.2) is 72.8 Å². The van der Waals surface area contributed by atoms with E-state index in [1.807, 2.05) is 78.9 Å². The summed E-state index contributed by atoms with van der Waals surface area (Å²) in [4.78, 5) is 4.63. The summed E-state index contributed by atoms with van der Waals surface area (Å²) in [5.74, 6) is 1.45. The number of fused-ring (bicyclic) bond motifs is 1. The second kappa shape index (κ2) is 8.06. The number of thiazole rings is 1. The third-order valence-corrected chi connectivity index (χ3v) is 5.16. The Morgan fingerprint density at radius 2 is 1.70 bits per heavy atom. The first-order valence-corrected chi connectivity index (χ1v) is 9.52. The molecule has 134 valence electrons. The van der Waals surface area contributed by atoms with Gasteiger partial charge in [0.1, 0.15) is 11.6 Å². The van der Waals surface area contributed by atoms with Crippen LogP contribution in [0.2, 0.25) is 0 Å². The average molecular weight is 373 g/mol. The van der Waals surface area contributed by atoms with Crippen molar-refractivity contribution in [3.63, 3.8) is 0 Å². The molecule has 0 spiro atoms. The van der Waals surface area contributed by atoms with Crippen LogP contribution in [0.5, 0.6) is 11.5 Å². The molecule has 1 heterocycles. The lowest BCUT2D eigenvalue weighted by molar-refractivity contribution is 0.284. The van der Waals surface area contributed by atoms with Crippen LogP contribution < -0.4 is 9.47 Å². The number of methoxy groups -OCH3 is 1. The van der Waals surface area contributed by atoms with E-state index in [4.69, 9.17) is 9.47 Å². The van der Waals surface area contributed by atoms with Crippen LogP contribution in [0.3, 0.4) is 0 Å². The van der Waals surface area contributed by atoms with Crippen LogP contribution in [-0.4, -0.2) is 12.1 Å². The van der Waals surface area contributed by atoms with Crippen molar-refractivity contribution in [2.24, 2.45) is 0 Å². The van der Waals surface area contributed by atoms with Crippen LogP contribution in [0.25, 0.3) is 22.4 Å². The van der Waals surface area contributed by atoms with Crippen molar-refractivity contribution in [3.8, 4) is 11.5 Å². The Morgan fingerprint density at radius 3 is 2.52 bits per heavy atom. The van der Waals surface area contributed by atoms with Crippen LogP contribution in [0.1, 0.15) is 16.1 Å². The van der Waals surface area contributed by atoms with Gasteiger partial charge in [0.15, 0.2) is 11.5 Å². The molecule has 0 aliphatic carbocycles. The predicted octanol–water partition coefficient (Wildman–Crippen LogP) is 6.05. The molecular weight excluding hydrogens is 354 g/mol. The van der Waals surface area contributed by atoms with E-state index < -0.39 is 0 Å². The normalized spacial score (nSPS) is 11.1. The van der Waals surface area contributed by atoms with E-state index >= 15 is 0 Å². The van der Waals surface area contributed by atoms with Crippen molar-refractivity contribution in [3.05, 3.63) is 88.9 Å². The first-order chi connectivity index (χ1) is 13.3. The van der Waals surface area contributed by atoms with Gasteiger partial charge < -0.3 is 9.47 Å².